The molecule has 1 aliphatic rings. The van der Waals surface area contributed by atoms with Crippen molar-refractivity contribution in [1.29, 1.82) is 0 Å². The molecule has 1 atom stereocenters. The first-order valence-corrected chi connectivity index (χ1v) is 6.63. The Morgan fingerprint density at radius 1 is 1.06 bits per heavy atom. The normalized spacial score (nSPS) is 27.8. The maximum Gasteiger partial charge on any atom is 0.306 e. The quantitative estimate of drug-likeness (QED) is 0.459. The van der Waals surface area contributed by atoms with Gasteiger partial charge in [0.05, 0.1) is 6.10 Å². The third-order valence-electron chi connectivity index (χ3n) is 2.98. The number of carbonyl (C=O) groups is 1. The first kappa shape index (κ1) is 13.3. The fraction of sp³-hybridized carbons (Fsp3) is 0.786. The van der Waals surface area contributed by atoms with Gasteiger partial charge >= 0.3 is 5.97 Å². The second-order valence-corrected chi connectivity index (χ2v) is 4.66. The van der Waals surface area contributed by atoms with Crippen molar-refractivity contribution in [3.05, 3.63) is 12.2 Å². The van der Waals surface area contributed by atoms with Crippen LogP contribution < -0.4 is 0 Å². The molecule has 2 heteroatoms. The SMILES string of the molecule is C[C@@H]1CCCCCC/C=C\CCCC(=O)O1. The number of esters is 1. The molecule has 92 valence electrons. The van der Waals surface area contributed by atoms with E-state index < -0.39 is 0 Å². The lowest BCUT2D eigenvalue weighted by Crippen LogP contribution is -2.14. The fourth-order valence-corrected chi connectivity index (χ4v) is 1.99. The molecule has 1 heterocycles. The smallest absolute Gasteiger partial charge is 0.306 e. The van der Waals surface area contributed by atoms with Crippen LogP contribution in [0.25, 0.3) is 0 Å². The van der Waals surface area contributed by atoms with Gasteiger partial charge in [-0.05, 0) is 45.4 Å². The summed E-state index contributed by atoms with van der Waals surface area (Å²) in [4.78, 5) is 11.4. The maximum absolute atomic E-state index is 11.4. The molecule has 0 aromatic heterocycles. The van der Waals surface area contributed by atoms with Crippen molar-refractivity contribution in [2.45, 2.75) is 70.8 Å². The van der Waals surface area contributed by atoms with Gasteiger partial charge < -0.3 is 4.74 Å². The third-order valence-corrected chi connectivity index (χ3v) is 2.98. The largest absolute Gasteiger partial charge is 0.463 e. The van der Waals surface area contributed by atoms with Crippen molar-refractivity contribution in [2.24, 2.45) is 0 Å². The summed E-state index contributed by atoms with van der Waals surface area (Å²) in [5.41, 5.74) is 0. The monoisotopic (exact) mass is 224 g/mol. The second-order valence-electron chi connectivity index (χ2n) is 4.66. The standard InChI is InChI=1S/C14H24O2/c1-13-11-9-7-5-3-2-4-6-8-10-12-14(15)16-13/h4,6,13H,2-3,5,7-12H2,1H3/b6-4-/t13-/m1/s1. The number of hydrogen-bond acceptors (Lipinski definition) is 2. The van der Waals surface area contributed by atoms with Crippen molar-refractivity contribution in [3.63, 3.8) is 0 Å². The summed E-state index contributed by atoms with van der Waals surface area (Å²) < 4.78 is 5.33. The molecule has 0 unspecified atom stereocenters. The van der Waals surface area contributed by atoms with Crippen molar-refractivity contribution in [2.75, 3.05) is 0 Å². The highest BCUT2D eigenvalue weighted by molar-refractivity contribution is 5.69. The average molecular weight is 224 g/mol. The summed E-state index contributed by atoms with van der Waals surface area (Å²) in [6.45, 7) is 2.00. The zero-order valence-corrected chi connectivity index (χ0v) is 10.4. The number of allylic oxidation sites excluding steroid dienone is 2. The van der Waals surface area contributed by atoms with Gasteiger partial charge in [-0.25, -0.2) is 0 Å². The Bertz CT molecular complexity index is 221. The molecule has 2 nitrogen and oxygen atoms in total. The van der Waals surface area contributed by atoms with Gasteiger partial charge in [-0.2, -0.15) is 0 Å². The predicted octanol–water partition coefficient (Wildman–Crippen LogP) is 4.00. The fourth-order valence-electron chi connectivity index (χ4n) is 1.99. The minimum Gasteiger partial charge on any atom is -0.463 e. The van der Waals surface area contributed by atoms with Gasteiger partial charge in [0.2, 0.25) is 0 Å². The van der Waals surface area contributed by atoms with Crippen molar-refractivity contribution >= 4 is 5.97 Å². The minimum atomic E-state index is -0.0297. The zero-order valence-electron chi connectivity index (χ0n) is 10.4. The van der Waals surface area contributed by atoms with Gasteiger partial charge in [0.25, 0.3) is 0 Å². The van der Waals surface area contributed by atoms with Gasteiger partial charge in [-0.1, -0.05) is 25.0 Å². The third kappa shape index (κ3) is 6.65. The van der Waals surface area contributed by atoms with Crippen molar-refractivity contribution in [3.8, 4) is 0 Å². The Hall–Kier alpha value is -0.790. The molecule has 0 N–H and O–H groups in total. The Morgan fingerprint density at radius 3 is 2.56 bits per heavy atom. The number of rotatable bonds is 0. The summed E-state index contributed by atoms with van der Waals surface area (Å²) in [7, 11) is 0. The highest BCUT2D eigenvalue weighted by atomic mass is 16.5. The van der Waals surface area contributed by atoms with Gasteiger partial charge in [0.1, 0.15) is 0 Å². The molecule has 0 spiro atoms. The zero-order chi connectivity index (χ0) is 11.6. The topological polar surface area (TPSA) is 26.3 Å². The molecule has 1 rings (SSSR count). The van der Waals surface area contributed by atoms with Crippen LogP contribution in [0.4, 0.5) is 0 Å². The predicted molar refractivity (Wildman–Crippen MR) is 66.2 cm³/mol. The average Bonchev–Trinajstić information content (AvgIpc) is 2.25. The molecule has 0 radical (unpaired) electrons. The highest BCUT2D eigenvalue weighted by Crippen LogP contribution is 2.12. The van der Waals surface area contributed by atoms with Gasteiger partial charge in [-0.15, -0.1) is 0 Å². The van der Waals surface area contributed by atoms with Crippen LogP contribution in [0.2, 0.25) is 0 Å². The van der Waals surface area contributed by atoms with E-state index in [0.29, 0.717) is 6.42 Å². The van der Waals surface area contributed by atoms with E-state index in [4.69, 9.17) is 4.74 Å². The summed E-state index contributed by atoms with van der Waals surface area (Å²) in [5.74, 6) is -0.0297. The van der Waals surface area contributed by atoms with E-state index in [0.717, 1.165) is 19.3 Å². The number of carbonyl (C=O) groups excluding carboxylic acids is 1. The number of hydrogen-bond donors (Lipinski definition) is 0. The molecule has 0 bridgehead atoms. The van der Waals surface area contributed by atoms with Gasteiger partial charge in [0.15, 0.2) is 0 Å². The van der Waals surface area contributed by atoms with E-state index in [1.54, 1.807) is 0 Å². The van der Waals surface area contributed by atoms with Crippen LogP contribution in [-0.2, 0) is 9.53 Å². The number of cyclic esters (lactones) is 1. The van der Waals surface area contributed by atoms with Crippen LogP contribution in [0.3, 0.4) is 0 Å². The summed E-state index contributed by atoms with van der Waals surface area (Å²) in [6, 6.07) is 0. The van der Waals surface area contributed by atoms with E-state index in [-0.39, 0.29) is 12.1 Å². The molecule has 0 saturated heterocycles. The van der Waals surface area contributed by atoms with Crippen molar-refractivity contribution in [1.82, 2.24) is 0 Å². The Balaban J connectivity index is 2.31. The number of ether oxygens (including phenoxy) is 1. The maximum atomic E-state index is 11.4. The second kappa shape index (κ2) is 8.37. The molecule has 0 amide bonds. The summed E-state index contributed by atoms with van der Waals surface area (Å²) in [6.07, 6.45) is 14.3. The van der Waals surface area contributed by atoms with Crippen LogP contribution >= 0.6 is 0 Å². The molecular formula is C14H24O2. The molecule has 0 aromatic carbocycles. The summed E-state index contributed by atoms with van der Waals surface area (Å²) >= 11 is 0. The molecule has 0 aliphatic carbocycles. The highest BCUT2D eigenvalue weighted by Gasteiger charge is 2.08. The first-order chi connectivity index (χ1) is 7.79. The Morgan fingerprint density at radius 2 is 1.75 bits per heavy atom. The lowest BCUT2D eigenvalue weighted by molar-refractivity contribution is -0.148. The first-order valence-electron chi connectivity index (χ1n) is 6.63. The Kier molecular flexibility index (Phi) is 6.95. The van der Waals surface area contributed by atoms with Crippen LogP contribution in [0.5, 0.6) is 0 Å². The van der Waals surface area contributed by atoms with E-state index in [9.17, 15) is 4.79 Å². The van der Waals surface area contributed by atoms with Crippen LogP contribution in [-0.4, -0.2) is 12.1 Å². The molecule has 0 saturated carbocycles. The van der Waals surface area contributed by atoms with Gasteiger partial charge in [-0.3, -0.25) is 4.79 Å². The lowest BCUT2D eigenvalue weighted by Gasteiger charge is -2.13. The van der Waals surface area contributed by atoms with Crippen LogP contribution in [0.15, 0.2) is 12.2 Å². The Labute approximate surface area is 99.1 Å². The van der Waals surface area contributed by atoms with Crippen LogP contribution in [0, 0.1) is 0 Å². The summed E-state index contributed by atoms with van der Waals surface area (Å²) in [5, 5.41) is 0. The van der Waals surface area contributed by atoms with E-state index in [2.05, 4.69) is 12.2 Å². The van der Waals surface area contributed by atoms with Crippen LogP contribution in [0.1, 0.15) is 64.7 Å². The van der Waals surface area contributed by atoms with E-state index in [1.807, 2.05) is 6.92 Å². The molecule has 1 aliphatic heterocycles. The molecule has 16 heavy (non-hydrogen) atoms. The minimum absolute atomic E-state index is 0.0297. The van der Waals surface area contributed by atoms with E-state index in [1.165, 1.54) is 32.1 Å². The lowest BCUT2D eigenvalue weighted by atomic mass is 10.1. The van der Waals surface area contributed by atoms with Crippen molar-refractivity contribution < 1.29 is 9.53 Å². The van der Waals surface area contributed by atoms with E-state index >= 15 is 0 Å². The molecular weight excluding hydrogens is 200 g/mol. The van der Waals surface area contributed by atoms with Gasteiger partial charge in [0, 0.05) is 6.42 Å². The molecule has 0 aromatic rings. The molecule has 0 fully saturated rings.